The third-order valence-electron chi connectivity index (χ3n) is 3.80. The lowest BCUT2D eigenvalue weighted by Gasteiger charge is -2.10. The van der Waals surface area contributed by atoms with Crippen LogP contribution in [0.4, 0.5) is 21.8 Å². The van der Waals surface area contributed by atoms with Gasteiger partial charge in [0.25, 0.3) is 0 Å². The van der Waals surface area contributed by atoms with Gasteiger partial charge in [0.2, 0.25) is 5.95 Å². The molecule has 3 aromatic rings. The first kappa shape index (κ1) is 16.8. The number of benzene rings is 2. The third kappa shape index (κ3) is 4.50. The molecule has 2 aromatic carbocycles. The molecule has 6 heteroatoms. The summed E-state index contributed by atoms with van der Waals surface area (Å²) in [6.07, 6.45) is 1.55. The molecule has 128 valence electrons. The van der Waals surface area contributed by atoms with Gasteiger partial charge in [-0.3, -0.25) is 0 Å². The molecule has 0 spiro atoms. The van der Waals surface area contributed by atoms with Gasteiger partial charge in [-0.25, -0.2) is 4.39 Å². The topological polar surface area (TPSA) is 62.7 Å². The van der Waals surface area contributed by atoms with E-state index in [1.165, 1.54) is 11.6 Å². The molecule has 0 saturated carbocycles. The van der Waals surface area contributed by atoms with E-state index < -0.39 is 0 Å². The Balaban J connectivity index is 1.66. The highest BCUT2D eigenvalue weighted by Gasteiger charge is 2.05. The number of rotatable bonds is 6. The maximum absolute atomic E-state index is 13.6. The Labute approximate surface area is 146 Å². The van der Waals surface area contributed by atoms with Gasteiger partial charge in [0, 0.05) is 17.8 Å². The fourth-order valence-corrected chi connectivity index (χ4v) is 2.35. The normalized spacial score (nSPS) is 10.7. The van der Waals surface area contributed by atoms with Crippen LogP contribution >= 0.6 is 0 Å². The van der Waals surface area contributed by atoms with Gasteiger partial charge in [-0.15, -0.1) is 5.10 Å². The summed E-state index contributed by atoms with van der Waals surface area (Å²) < 4.78 is 13.6. The molecular weight excluding hydrogens is 317 g/mol. The molecule has 0 aliphatic rings. The molecule has 0 saturated heterocycles. The minimum atomic E-state index is -0.262. The molecule has 0 radical (unpaired) electrons. The van der Waals surface area contributed by atoms with Gasteiger partial charge in [0.1, 0.15) is 5.82 Å². The molecule has 0 bridgehead atoms. The van der Waals surface area contributed by atoms with Gasteiger partial charge in [0.05, 0.1) is 6.20 Å². The van der Waals surface area contributed by atoms with Gasteiger partial charge in [0.15, 0.2) is 5.82 Å². The average Bonchev–Trinajstić information content (AvgIpc) is 2.62. The second-order valence-electron chi connectivity index (χ2n) is 6.01. The van der Waals surface area contributed by atoms with Gasteiger partial charge >= 0.3 is 0 Å². The van der Waals surface area contributed by atoms with Crippen LogP contribution in [0.3, 0.4) is 0 Å². The second kappa shape index (κ2) is 7.70. The lowest BCUT2D eigenvalue weighted by Crippen LogP contribution is -2.07. The molecule has 1 aromatic heterocycles. The van der Waals surface area contributed by atoms with Crippen LogP contribution in [0.2, 0.25) is 0 Å². The van der Waals surface area contributed by atoms with Crippen molar-refractivity contribution < 1.29 is 4.39 Å². The van der Waals surface area contributed by atoms with Crippen molar-refractivity contribution in [2.45, 2.75) is 26.3 Å². The fourth-order valence-electron chi connectivity index (χ4n) is 2.35. The summed E-state index contributed by atoms with van der Waals surface area (Å²) in [6, 6.07) is 14.8. The smallest absolute Gasteiger partial charge is 0.244 e. The number of anilines is 3. The number of aromatic nitrogens is 3. The van der Waals surface area contributed by atoms with Crippen LogP contribution in [-0.2, 0) is 6.54 Å². The van der Waals surface area contributed by atoms with Gasteiger partial charge < -0.3 is 10.6 Å². The van der Waals surface area contributed by atoms with E-state index in [9.17, 15) is 4.39 Å². The van der Waals surface area contributed by atoms with E-state index in [-0.39, 0.29) is 5.82 Å². The number of halogens is 1. The zero-order valence-corrected chi connectivity index (χ0v) is 14.2. The number of nitrogens with zero attached hydrogens (tertiary/aromatic N) is 3. The first-order valence-corrected chi connectivity index (χ1v) is 8.16. The lowest BCUT2D eigenvalue weighted by atomic mass is 10.0. The highest BCUT2D eigenvalue weighted by molar-refractivity contribution is 5.56. The fraction of sp³-hybridized carbons (Fsp3) is 0.211. The zero-order valence-electron chi connectivity index (χ0n) is 14.2. The molecule has 2 N–H and O–H groups in total. The van der Waals surface area contributed by atoms with E-state index in [0.717, 1.165) is 5.69 Å². The van der Waals surface area contributed by atoms with E-state index in [2.05, 4.69) is 51.8 Å². The standard InChI is InChI=1S/C19H20FN5/c1-13(2)14-7-9-16(10-8-14)23-18-12-22-25-19(24-18)21-11-15-5-3-4-6-17(15)20/h3-10,12-13H,11H2,1-2H3,(H2,21,23,24,25). The molecule has 0 fully saturated rings. The van der Waals surface area contributed by atoms with Crippen LogP contribution in [0, 0.1) is 5.82 Å². The van der Waals surface area contributed by atoms with Gasteiger partial charge in [-0.05, 0) is 29.7 Å². The first-order chi connectivity index (χ1) is 12.1. The van der Waals surface area contributed by atoms with E-state index in [0.29, 0.717) is 29.8 Å². The Bertz CT molecular complexity index is 833. The van der Waals surface area contributed by atoms with Crippen LogP contribution in [0.1, 0.15) is 30.9 Å². The summed E-state index contributed by atoms with van der Waals surface area (Å²) in [5, 5.41) is 14.0. The maximum Gasteiger partial charge on any atom is 0.244 e. The summed E-state index contributed by atoms with van der Waals surface area (Å²) in [5.74, 6) is 1.14. The Morgan fingerprint density at radius 2 is 1.80 bits per heavy atom. The van der Waals surface area contributed by atoms with Crippen LogP contribution in [0.5, 0.6) is 0 Å². The Hall–Kier alpha value is -3.02. The molecule has 3 rings (SSSR count). The molecule has 0 aliphatic carbocycles. The van der Waals surface area contributed by atoms with Crippen LogP contribution in [-0.4, -0.2) is 15.2 Å². The minimum absolute atomic E-state index is 0.262. The minimum Gasteiger partial charge on any atom is -0.349 e. The Morgan fingerprint density at radius 1 is 1.04 bits per heavy atom. The van der Waals surface area contributed by atoms with Crippen molar-refractivity contribution >= 4 is 17.5 Å². The summed E-state index contributed by atoms with van der Waals surface area (Å²) in [5.41, 5.74) is 2.75. The predicted molar refractivity (Wildman–Crippen MR) is 97.4 cm³/mol. The zero-order chi connectivity index (χ0) is 17.6. The Kier molecular flexibility index (Phi) is 5.18. The van der Waals surface area contributed by atoms with Gasteiger partial charge in [-0.2, -0.15) is 10.1 Å². The summed E-state index contributed by atoms with van der Waals surface area (Å²) in [6.45, 7) is 4.61. The SMILES string of the molecule is CC(C)c1ccc(Nc2cnnc(NCc3ccccc3F)n2)cc1. The van der Waals surface area contributed by atoms with Gasteiger partial charge in [-0.1, -0.05) is 44.2 Å². The quantitative estimate of drug-likeness (QED) is 0.694. The lowest BCUT2D eigenvalue weighted by molar-refractivity contribution is 0.612. The maximum atomic E-state index is 13.6. The molecule has 5 nitrogen and oxygen atoms in total. The van der Waals surface area contributed by atoms with Crippen molar-refractivity contribution in [3.8, 4) is 0 Å². The molecule has 0 unspecified atom stereocenters. The van der Waals surface area contributed by atoms with Crippen LogP contribution < -0.4 is 10.6 Å². The van der Waals surface area contributed by atoms with Crippen molar-refractivity contribution in [3.05, 3.63) is 71.7 Å². The van der Waals surface area contributed by atoms with Crippen molar-refractivity contribution in [1.82, 2.24) is 15.2 Å². The van der Waals surface area contributed by atoms with Crippen molar-refractivity contribution in [1.29, 1.82) is 0 Å². The Morgan fingerprint density at radius 3 is 2.52 bits per heavy atom. The van der Waals surface area contributed by atoms with Crippen LogP contribution in [0.25, 0.3) is 0 Å². The molecule has 0 aliphatic heterocycles. The largest absolute Gasteiger partial charge is 0.349 e. The summed E-state index contributed by atoms with van der Waals surface area (Å²) in [4.78, 5) is 4.35. The molecule has 0 atom stereocenters. The van der Waals surface area contributed by atoms with E-state index in [1.54, 1.807) is 24.4 Å². The van der Waals surface area contributed by atoms with E-state index in [1.807, 2.05) is 12.1 Å². The number of nitrogens with one attached hydrogen (secondary N) is 2. The van der Waals surface area contributed by atoms with E-state index in [4.69, 9.17) is 0 Å². The molecule has 1 heterocycles. The number of hydrogen-bond acceptors (Lipinski definition) is 5. The number of hydrogen-bond donors (Lipinski definition) is 2. The molecule has 0 amide bonds. The highest BCUT2D eigenvalue weighted by atomic mass is 19.1. The van der Waals surface area contributed by atoms with E-state index >= 15 is 0 Å². The van der Waals surface area contributed by atoms with Crippen molar-refractivity contribution in [2.75, 3.05) is 10.6 Å². The first-order valence-electron chi connectivity index (χ1n) is 8.16. The second-order valence-corrected chi connectivity index (χ2v) is 6.01. The van der Waals surface area contributed by atoms with Crippen LogP contribution in [0.15, 0.2) is 54.7 Å². The summed E-state index contributed by atoms with van der Waals surface area (Å²) in [7, 11) is 0. The average molecular weight is 337 g/mol. The predicted octanol–water partition coefficient (Wildman–Crippen LogP) is 4.49. The molecular formula is C19H20FN5. The summed E-state index contributed by atoms with van der Waals surface area (Å²) >= 11 is 0. The monoisotopic (exact) mass is 337 g/mol. The third-order valence-corrected chi connectivity index (χ3v) is 3.80. The highest BCUT2D eigenvalue weighted by Crippen LogP contribution is 2.19. The molecule has 25 heavy (non-hydrogen) atoms. The van der Waals surface area contributed by atoms with Crippen molar-refractivity contribution in [3.63, 3.8) is 0 Å². The van der Waals surface area contributed by atoms with Crippen molar-refractivity contribution in [2.24, 2.45) is 0 Å².